The molecule has 2 nitrogen and oxygen atoms in total. The second-order valence-corrected chi connectivity index (χ2v) is 6.76. The van der Waals surface area contributed by atoms with E-state index in [1.54, 1.807) is 7.11 Å². The second-order valence-electron chi connectivity index (χ2n) is 5.45. The van der Waals surface area contributed by atoms with Gasteiger partial charge in [-0.3, -0.25) is 0 Å². The average molecular weight is 299 g/mol. The van der Waals surface area contributed by atoms with Crippen LogP contribution >= 0.6 is 11.8 Å². The van der Waals surface area contributed by atoms with Crippen LogP contribution in [-0.2, 0) is 6.42 Å². The van der Waals surface area contributed by atoms with Crippen LogP contribution in [0.5, 0.6) is 5.75 Å². The molecule has 0 saturated heterocycles. The normalized spacial score (nSPS) is 21.4. The third kappa shape index (κ3) is 3.25. The third-order valence-corrected chi connectivity index (χ3v) is 5.44. The molecule has 3 rings (SSSR count). The summed E-state index contributed by atoms with van der Waals surface area (Å²) in [7, 11) is 1.71. The Hall–Kier alpha value is -1.45. The summed E-state index contributed by atoms with van der Waals surface area (Å²) in [6, 6.07) is 16.9. The van der Waals surface area contributed by atoms with E-state index in [0.717, 1.165) is 18.6 Å². The summed E-state index contributed by atoms with van der Waals surface area (Å²) >= 11 is 1.87. The van der Waals surface area contributed by atoms with Gasteiger partial charge in [-0.05, 0) is 48.6 Å². The Kier molecular flexibility index (Phi) is 4.51. The number of nitrogens with two attached hydrogens (primary N) is 1. The van der Waals surface area contributed by atoms with Gasteiger partial charge in [0.15, 0.2) is 0 Å². The van der Waals surface area contributed by atoms with E-state index in [4.69, 9.17) is 10.5 Å². The summed E-state index contributed by atoms with van der Waals surface area (Å²) in [5.74, 6) is 0.905. The molecule has 2 aromatic rings. The van der Waals surface area contributed by atoms with Gasteiger partial charge in [-0.1, -0.05) is 30.3 Å². The maximum absolute atomic E-state index is 6.56. The highest BCUT2D eigenvalue weighted by Gasteiger charge is 2.25. The lowest BCUT2D eigenvalue weighted by Crippen LogP contribution is -2.23. The first kappa shape index (κ1) is 14.5. The van der Waals surface area contributed by atoms with Gasteiger partial charge in [0, 0.05) is 16.2 Å². The van der Waals surface area contributed by atoms with Gasteiger partial charge in [0.2, 0.25) is 0 Å². The van der Waals surface area contributed by atoms with Crippen molar-refractivity contribution in [2.45, 2.75) is 35.4 Å². The van der Waals surface area contributed by atoms with Crippen molar-refractivity contribution >= 4 is 11.8 Å². The van der Waals surface area contributed by atoms with Gasteiger partial charge < -0.3 is 10.5 Å². The summed E-state index contributed by atoms with van der Waals surface area (Å²) in [6.45, 7) is 0. The first-order chi connectivity index (χ1) is 10.3. The summed E-state index contributed by atoms with van der Waals surface area (Å²) < 4.78 is 5.31. The van der Waals surface area contributed by atoms with Gasteiger partial charge in [-0.15, -0.1) is 11.8 Å². The molecule has 2 unspecified atom stereocenters. The van der Waals surface area contributed by atoms with Crippen molar-refractivity contribution in [2.75, 3.05) is 7.11 Å². The number of hydrogen-bond acceptors (Lipinski definition) is 3. The number of thioether (sulfide) groups is 1. The molecule has 0 radical (unpaired) electrons. The Morgan fingerprint density at radius 1 is 1.14 bits per heavy atom. The lowest BCUT2D eigenvalue weighted by molar-refractivity contribution is 0.413. The predicted molar refractivity (Wildman–Crippen MR) is 88.9 cm³/mol. The first-order valence-electron chi connectivity index (χ1n) is 7.42. The number of ether oxygens (including phenoxy) is 1. The summed E-state index contributed by atoms with van der Waals surface area (Å²) in [5, 5.41) is 0.417. The Morgan fingerprint density at radius 2 is 2.00 bits per heavy atom. The zero-order valence-corrected chi connectivity index (χ0v) is 13.1. The SMILES string of the molecule is COc1cccc(SC2CCCc3ccccc3C2N)c1. The fraction of sp³-hybridized carbons (Fsp3) is 0.333. The van der Waals surface area contributed by atoms with Crippen LogP contribution in [0.1, 0.15) is 30.0 Å². The Bertz CT molecular complexity index is 614. The fourth-order valence-corrected chi connectivity index (χ4v) is 4.21. The van der Waals surface area contributed by atoms with Crippen molar-refractivity contribution in [1.82, 2.24) is 0 Å². The first-order valence-corrected chi connectivity index (χ1v) is 8.30. The predicted octanol–water partition coefficient (Wildman–Crippen LogP) is 4.19. The zero-order chi connectivity index (χ0) is 14.7. The molecule has 110 valence electrons. The number of rotatable bonds is 3. The molecule has 2 aromatic carbocycles. The van der Waals surface area contributed by atoms with E-state index >= 15 is 0 Å². The van der Waals surface area contributed by atoms with Crippen LogP contribution in [0.3, 0.4) is 0 Å². The minimum absolute atomic E-state index is 0.0971. The van der Waals surface area contributed by atoms with E-state index in [2.05, 4.69) is 36.4 Å². The van der Waals surface area contributed by atoms with E-state index < -0.39 is 0 Å². The Morgan fingerprint density at radius 3 is 2.86 bits per heavy atom. The lowest BCUT2D eigenvalue weighted by Gasteiger charge is -2.22. The van der Waals surface area contributed by atoms with Crippen LogP contribution in [-0.4, -0.2) is 12.4 Å². The standard InChI is InChI=1S/C18H21NOS/c1-20-14-8-5-9-15(12-14)21-17-11-4-7-13-6-2-3-10-16(13)18(17)19/h2-3,5-6,8-10,12,17-18H,4,7,11,19H2,1H3. The van der Waals surface area contributed by atoms with Gasteiger partial charge in [-0.2, -0.15) is 0 Å². The minimum Gasteiger partial charge on any atom is -0.497 e. The zero-order valence-electron chi connectivity index (χ0n) is 12.3. The monoisotopic (exact) mass is 299 g/mol. The molecule has 21 heavy (non-hydrogen) atoms. The average Bonchev–Trinajstić information content (AvgIpc) is 2.68. The van der Waals surface area contributed by atoms with Crippen LogP contribution in [0.4, 0.5) is 0 Å². The molecule has 0 heterocycles. The number of fused-ring (bicyclic) bond motifs is 1. The Balaban J connectivity index is 1.82. The smallest absolute Gasteiger partial charge is 0.119 e. The van der Waals surface area contributed by atoms with Crippen molar-refractivity contribution in [1.29, 1.82) is 0 Å². The molecule has 0 bridgehead atoms. The molecule has 0 fully saturated rings. The van der Waals surface area contributed by atoms with Crippen LogP contribution in [0.25, 0.3) is 0 Å². The molecule has 0 amide bonds. The molecule has 1 aliphatic carbocycles. The minimum atomic E-state index is 0.0971. The molecular weight excluding hydrogens is 278 g/mol. The molecular formula is C18H21NOS. The van der Waals surface area contributed by atoms with Crippen molar-refractivity contribution in [2.24, 2.45) is 5.73 Å². The molecule has 0 aromatic heterocycles. The lowest BCUT2D eigenvalue weighted by atomic mass is 10.00. The summed E-state index contributed by atoms with van der Waals surface area (Å²) in [6.07, 6.45) is 3.49. The van der Waals surface area contributed by atoms with E-state index in [-0.39, 0.29) is 6.04 Å². The molecule has 0 aliphatic heterocycles. The molecule has 3 heteroatoms. The molecule has 2 N–H and O–H groups in total. The van der Waals surface area contributed by atoms with E-state index in [9.17, 15) is 0 Å². The number of methoxy groups -OCH3 is 1. The van der Waals surface area contributed by atoms with Crippen LogP contribution < -0.4 is 10.5 Å². The third-order valence-electron chi connectivity index (χ3n) is 4.08. The highest BCUT2D eigenvalue weighted by molar-refractivity contribution is 8.00. The van der Waals surface area contributed by atoms with Crippen molar-refractivity contribution < 1.29 is 4.74 Å². The topological polar surface area (TPSA) is 35.2 Å². The van der Waals surface area contributed by atoms with E-state index in [1.165, 1.54) is 22.4 Å². The van der Waals surface area contributed by atoms with Gasteiger partial charge in [0.05, 0.1) is 7.11 Å². The molecule has 0 saturated carbocycles. The molecule has 0 spiro atoms. The van der Waals surface area contributed by atoms with Crippen molar-refractivity contribution in [3.05, 3.63) is 59.7 Å². The van der Waals surface area contributed by atoms with Crippen LogP contribution in [0.2, 0.25) is 0 Å². The van der Waals surface area contributed by atoms with E-state index in [0.29, 0.717) is 5.25 Å². The maximum Gasteiger partial charge on any atom is 0.119 e. The number of aryl methyl sites for hydroxylation is 1. The molecule has 2 atom stereocenters. The second kappa shape index (κ2) is 6.54. The van der Waals surface area contributed by atoms with Crippen LogP contribution in [0.15, 0.2) is 53.4 Å². The van der Waals surface area contributed by atoms with Gasteiger partial charge in [-0.25, -0.2) is 0 Å². The summed E-state index contributed by atoms with van der Waals surface area (Å²) in [4.78, 5) is 1.23. The number of benzene rings is 2. The fourth-order valence-electron chi connectivity index (χ4n) is 2.94. The van der Waals surface area contributed by atoms with Crippen molar-refractivity contribution in [3.8, 4) is 5.75 Å². The highest BCUT2D eigenvalue weighted by atomic mass is 32.2. The van der Waals surface area contributed by atoms with Gasteiger partial charge in [0.1, 0.15) is 5.75 Å². The van der Waals surface area contributed by atoms with Gasteiger partial charge >= 0.3 is 0 Å². The summed E-state index contributed by atoms with van der Waals surface area (Å²) in [5.41, 5.74) is 9.29. The maximum atomic E-state index is 6.56. The molecule has 1 aliphatic rings. The van der Waals surface area contributed by atoms with Crippen LogP contribution in [0, 0.1) is 0 Å². The highest BCUT2D eigenvalue weighted by Crippen LogP contribution is 2.38. The van der Waals surface area contributed by atoms with Crippen molar-refractivity contribution in [3.63, 3.8) is 0 Å². The van der Waals surface area contributed by atoms with E-state index in [1.807, 2.05) is 23.9 Å². The quantitative estimate of drug-likeness (QED) is 0.863. The number of hydrogen-bond donors (Lipinski definition) is 1. The largest absolute Gasteiger partial charge is 0.497 e. The van der Waals surface area contributed by atoms with Gasteiger partial charge in [0.25, 0.3) is 0 Å². The Labute approximate surface area is 130 Å².